The summed E-state index contributed by atoms with van der Waals surface area (Å²) in [5.74, 6) is -0.387. The summed E-state index contributed by atoms with van der Waals surface area (Å²) in [5, 5.41) is 25.4. The van der Waals surface area contributed by atoms with Gasteiger partial charge in [-0.2, -0.15) is 0 Å². The van der Waals surface area contributed by atoms with Crippen LogP contribution in [-0.4, -0.2) is 39.1 Å². The van der Waals surface area contributed by atoms with Crippen LogP contribution in [0.15, 0.2) is 76.8 Å². The molecule has 7 nitrogen and oxygen atoms in total. The SMILES string of the molecule is Cc1ccccc1C(C/C(=N/O)c1ccc(=O)n(C)c1)c1ccc(C(=O)NC[C@@H](C)O)cc1. The Labute approximate surface area is 193 Å². The smallest absolute Gasteiger partial charge is 0.251 e. The summed E-state index contributed by atoms with van der Waals surface area (Å²) in [6.07, 6.45) is 1.43. The maximum Gasteiger partial charge on any atom is 0.251 e. The van der Waals surface area contributed by atoms with Crippen LogP contribution < -0.4 is 10.9 Å². The fraction of sp³-hybridized carbons (Fsp3) is 0.269. The van der Waals surface area contributed by atoms with E-state index in [0.29, 0.717) is 23.3 Å². The van der Waals surface area contributed by atoms with E-state index in [1.54, 1.807) is 38.4 Å². The van der Waals surface area contributed by atoms with Crippen molar-refractivity contribution in [1.82, 2.24) is 9.88 Å². The molecule has 0 spiro atoms. The molecule has 3 rings (SSSR count). The molecule has 7 heteroatoms. The molecule has 1 aromatic heterocycles. The molecule has 2 aromatic carbocycles. The van der Waals surface area contributed by atoms with Gasteiger partial charge in [0.15, 0.2) is 0 Å². The molecule has 0 saturated heterocycles. The van der Waals surface area contributed by atoms with Gasteiger partial charge in [0, 0.05) is 49.3 Å². The number of carbonyl (C=O) groups is 1. The Morgan fingerprint density at radius 3 is 2.33 bits per heavy atom. The predicted molar refractivity (Wildman–Crippen MR) is 128 cm³/mol. The number of carbonyl (C=O) groups excluding carboxylic acids is 1. The van der Waals surface area contributed by atoms with Crippen LogP contribution in [0.4, 0.5) is 0 Å². The van der Waals surface area contributed by atoms with Crippen molar-refractivity contribution in [3.63, 3.8) is 0 Å². The molecule has 1 heterocycles. The van der Waals surface area contributed by atoms with Crippen LogP contribution in [-0.2, 0) is 7.05 Å². The Balaban J connectivity index is 1.95. The van der Waals surface area contributed by atoms with E-state index in [2.05, 4.69) is 10.5 Å². The van der Waals surface area contributed by atoms with E-state index < -0.39 is 6.10 Å². The van der Waals surface area contributed by atoms with E-state index in [1.165, 1.54) is 10.6 Å². The molecule has 0 radical (unpaired) electrons. The predicted octanol–water partition coefficient (Wildman–Crippen LogP) is 3.20. The fourth-order valence-corrected chi connectivity index (χ4v) is 3.77. The number of aliphatic hydroxyl groups excluding tert-OH is 1. The molecule has 0 bridgehead atoms. The topological polar surface area (TPSA) is 104 Å². The van der Waals surface area contributed by atoms with Gasteiger partial charge < -0.3 is 20.2 Å². The lowest BCUT2D eigenvalue weighted by Gasteiger charge is -2.21. The number of nitrogens with one attached hydrogen (secondary N) is 1. The molecule has 2 atom stereocenters. The number of hydrogen-bond acceptors (Lipinski definition) is 5. The Morgan fingerprint density at radius 2 is 1.73 bits per heavy atom. The summed E-state index contributed by atoms with van der Waals surface area (Å²) >= 11 is 0. The van der Waals surface area contributed by atoms with Gasteiger partial charge in [-0.3, -0.25) is 9.59 Å². The molecule has 0 saturated carbocycles. The molecule has 172 valence electrons. The zero-order valence-electron chi connectivity index (χ0n) is 19.0. The van der Waals surface area contributed by atoms with Crippen molar-refractivity contribution in [2.45, 2.75) is 32.3 Å². The highest BCUT2D eigenvalue weighted by Gasteiger charge is 2.21. The van der Waals surface area contributed by atoms with Crippen molar-refractivity contribution >= 4 is 11.6 Å². The minimum atomic E-state index is -0.618. The third-order valence-electron chi connectivity index (χ3n) is 5.63. The van der Waals surface area contributed by atoms with E-state index in [-0.39, 0.29) is 23.9 Å². The van der Waals surface area contributed by atoms with Gasteiger partial charge >= 0.3 is 0 Å². The summed E-state index contributed by atoms with van der Waals surface area (Å²) < 4.78 is 1.45. The van der Waals surface area contributed by atoms with Crippen molar-refractivity contribution < 1.29 is 15.1 Å². The highest BCUT2D eigenvalue weighted by molar-refractivity contribution is 6.00. The Morgan fingerprint density at radius 1 is 1.06 bits per heavy atom. The standard InChI is InChI=1S/C26H29N3O4/c1-17-6-4-5-7-22(17)23(14-24(28-33)21-12-13-25(31)29(3)16-21)19-8-10-20(11-9-19)26(32)27-15-18(2)30/h4-13,16,18,23,30,33H,14-15H2,1-3H3,(H,27,32)/b28-24-/t18-,23?/m1/s1. The van der Waals surface area contributed by atoms with Gasteiger partial charge in [-0.1, -0.05) is 41.6 Å². The van der Waals surface area contributed by atoms with E-state index >= 15 is 0 Å². The quantitative estimate of drug-likeness (QED) is 0.280. The molecule has 3 aromatic rings. The number of aromatic nitrogens is 1. The first kappa shape index (κ1) is 23.9. The van der Waals surface area contributed by atoms with Gasteiger partial charge in [-0.05, 0) is 48.7 Å². The summed E-state index contributed by atoms with van der Waals surface area (Å²) in [4.78, 5) is 24.1. The number of oxime groups is 1. The van der Waals surface area contributed by atoms with E-state index in [0.717, 1.165) is 16.7 Å². The van der Waals surface area contributed by atoms with Crippen LogP contribution in [0.5, 0.6) is 0 Å². The Hall–Kier alpha value is -3.71. The minimum absolute atomic E-state index is 0.135. The number of hydrogen-bond donors (Lipinski definition) is 3. The molecule has 1 unspecified atom stereocenters. The average molecular weight is 448 g/mol. The number of aliphatic hydroxyl groups is 1. The van der Waals surface area contributed by atoms with Gasteiger partial charge in [0.1, 0.15) is 0 Å². The van der Waals surface area contributed by atoms with Gasteiger partial charge in [0.05, 0.1) is 11.8 Å². The minimum Gasteiger partial charge on any atom is -0.411 e. The number of benzene rings is 2. The second-order valence-electron chi connectivity index (χ2n) is 8.21. The van der Waals surface area contributed by atoms with Gasteiger partial charge in [0.25, 0.3) is 5.91 Å². The van der Waals surface area contributed by atoms with Crippen LogP contribution in [0.2, 0.25) is 0 Å². The number of pyridine rings is 1. The first-order chi connectivity index (χ1) is 15.8. The summed E-state index contributed by atoms with van der Waals surface area (Å²) in [5.41, 5.74) is 4.61. The largest absolute Gasteiger partial charge is 0.411 e. The van der Waals surface area contributed by atoms with E-state index in [1.807, 2.05) is 43.3 Å². The van der Waals surface area contributed by atoms with Crippen molar-refractivity contribution in [2.24, 2.45) is 12.2 Å². The first-order valence-corrected chi connectivity index (χ1v) is 10.8. The summed E-state index contributed by atoms with van der Waals surface area (Å²) in [6.45, 7) is 3.82. The van der Waals surface area contributed by atoms with Crippen LogP contribution in [0.3, 0.4) is 0 Å². The van der Waals surface area contributed by atoms with Gasteiger partial charge in [-0.25, -0.2) is 0 Å². The monoisotopic (exact) mass is 447 g/mol. The van der Waals surface area contributed by atoms with Crippen molar-refractivity contribution in [1.29, 1.82) is 0 Å². The fourth-order valence-electron chi connectivity index (χ4n) is 3.77. The van der Waals surface area contributed by atoms with Gasteiger partial charge in [0.2, 0.25) is 5.56 Å². The molecule has 0 fully saturated rings. The summed E-state index contributed by atoms with van der Waals surface area (Å²) in [6, 6.07) is 18.4. The first-order valence-electron chi connectivity index (χ1n) is 10.8. The molecule has 1 amide bonds. The van der Waals surface area contributed by atoms with E-state index in [9.17, 15) is 19.9 Å². The molecule has 3 N–H and O–H groups in total. The third kappa shape index (κ3) is 5.96. The lowest BCUT2D eigenvalue weighted by molar-refractivity contribution is 0.0924. The lowest BCUT2D eigenvalue weighted by atomic mass is 9.83. The second kappa shape index (κ2) is 10.7. The van der Waals surface area contributed by atoms with Gasteiger partial charge in [-0.15, -0.1) is 0 Å². The zero-order valence-corrected chi connectivity index (χ0v) is 19.0. The van der Waals surface area contributed by atoms with Crippen molar-refractivity contribution in [3.8, 4) is 0 Å². The zero-order chi connectivity index (χ0) is 24.0. The Bertz CT molecular complexity index is 1200. The molecular weight excluding hydrogens is 418 g/mol. The molecular formula is C26H29N3O4. The highest BCUT2D eigenvalue weighted by atomic mass is 16.4. The lowest BCUT2D eigenvalue weighted by Crippen LogP contribution is -2.30. The number of amides is 1. The maximum absolute atomic E-state index is 12.3. The van der Waals surface area contributed by atoms with E-state index in [4.69, 9.17) is 0 Å². The molecule has 0 aliphatic heterocycles. The summed E-state index contributed by atoms with van der Waals surface area (Å²) in [7, 11) is 1.65. The van der Waals surface area contributed by atoms with Crippen LogP contribution in [0, 0.1) is 6.92 Å². The Kier molecular flexibility index (Phi) is 7.79. The molecule has 33 heavy (non-hydrogen) atoms. The van der Waals surface area contributed by atoms with Crippen molar-refractivity contribution in [3.05, 3.63) is 105 Å². The number of nitrogens with zero attached hydrogens (tertiary/aromatic N) is 2. The third-order valence-corrected chi connectivity index (χ3v) is 5.63. The van der Waals surface area contributed by atoms with Crippen LogP contribution in [0.25, 0.3) is 0 Å². The second-order valence-corrected chi connectivity index (χ2v) is 8.21. The molecule has 0 aliphatic carbocycles. The van der Waals surface area contributed by atoms with Crippen molar-refractivity contribution in [2.75, 3.05) is 6.54 Å². The van der Waals surface area contributed by atoms with Crippen LogP contribution >= 0.6 is 0 Å². The maximum atomic E-state index is 12.3. The highest BCUT2D eigenvalue weighted by Crippen LogP contribution is 2.32. The number of rotatable bonds is 8. The average Bonchev–Trinajstić information content (AvgIpc) is 2.81. The van der Waals surface area contributed by atoms with Crippen LogP contribution in [0.1, 0.15) is 51.9 Å². The molecule has 0 aliphatic rings. The number of aryl methyl sites for hydroxylation is 2. The normalized spacial score (nSPS) is 13.4.